The van der Waals surface area contributed by atoms with Crippen molar-refractivity contribution in [2.24, 2.45) is 0 Å². The van der Waals surface area contributed by atoms with E-state index in [1.807, 2.05) is 32.9 Å². The summed E-state index contributed by atoms with van der Waals surface area (Å²) >= 11 is 1.29. The summed E-state index contributed by atoms with van der Waals surface area (Å²) in [6.45, 7) is 6.74. The molecule has 0 aliphatic rings. The number of rotatable bonds is 4. The van der Waals surface area contributed by atoms with Gasteiger partial charge in [-0.15, -0.1) is 0 Å². The number of hydrogen-bond acceptors (Lipinski definition) is 5. The summed E-state index contributed by atoms with van der Waals surface area (Å²) in [6, 6.07) is 6.03. The van der Waals surface area contributed by atoms with Crippen molar-refractivity contribution in [2.45, 2.75) is 20.8 Å². The fraction of sp³-hybridized carbons (Fsp3) is 0.333. The first-order chi connectivity index (χ1) is 9.92. The number of thiazole rings is 1. The monoisotopic (exact) mass is 304 g/mol. The molecule has 1 amide bonds. The Kier molecular flexibility index (Phi) is 4.47. The molecule has 0 spiro atoms. The minimum Gasteiger partial charge on any atom is -0.382 e. The second-order valence-electron chi connectivity index (χ2n) is 4.97. The van der Waals surface area contributed by atoms with Gasteiger partial charge in [-0.3, -0.25) is 4.79 Å². The third-order valence-electron chi connectivity index (χ3n) is 3.07. The van der Waals surface area contributed by atoms with Crippen LogP contribution in [0.1, 0.15) is 27.7 Å². The van der Waals surface area contributed by atoms with E-state index >= 15 is 0 Å². The zero-order chi connectivity index (χ0) is 15.6. The fourth-order valence-electron chi connectivity index (χ4n) is 2.13. The lowest BCUT2D eigenvalue weighted by Crippen LogP contribution is -2.26. The van der Waals surface area contributed by atoms with Crippen molar-refractivity contribution in [3.8, 4) is 0 Å². The normalized spacial score (nSPS) is 10.5. The van der Waals surface area contributed by atoms with E-state index in [0.717, 1.165) is 23.4 Å². The SMILES string of the molecule is CCNc1nc(N)c(C(=O)N(C)c2cc(C)cc(C)c2)s1. The standard InChI is InChI=1S/C15H20N4OS/c1-5-17-15-18-13(16)12(21-15)14(20)19(4)11-7-9(2)6-10(3)8-11/h6-8H,5,16H2,1-4H3,(H,17,18). The molecule has 5 nitrogen and oxygen atoms in total. The van der Waals surface area contributed by atoms with Crippen LogP contribution >= 0.6 is 11.3 Å². The highest BCUT2D eigenvalue weighted by atomic mass is 32.1. The van der Waals surface area contributed by atoms with Crippen molar-refractivity contribution in [2.75, 3.05) is 29.5 Å². The molecule has 21 heavy (non-hydrogen) atoms. The van der Waals surface area contributed by atoms with Crippen molar-refractivity contribution in [3.05, 3.63) is 34.2 Å². The van der Waals surface area contributed by atoms with Gasteiger partial charge in [0.25, 0.3) is 5.91 Å². The lowest BCUT2D eigenvalue weighted by Gasteiger charge is -2.18. The Morgan fingerprint density at radius 3 is 2.52 bits per heavy atom. The van der Waals surface area contributed by atoms with Crippen molar-refractivity contribution in [1.29, 1.82) is 0 Å². The molecule has 1 aromatic heterocycles. The van der Waals surface area contributed by atoms with E-state index in [9.17, 15) is 4.79 Å². The number of benzene rings is 1. The molecule has 0 atom stereocenters. The van der Waals surface area contributed by atoms with E-state index in [1.54, 1.807) is 11.9 Å². The van der Waals surface area contributed by atoms with E-state index in [-0.39, 0.29) is 11.7 Å². The molecular formula is C15H20N4OS. The summed E-state index contributed by atoms with van der Waals surface area (Å²) in [4.78, 5) is 18.8. The highest BCUT2D eigenvalue weighted by molar-refractivity contribution is 7.18. The van der Waals surface area contributed by atoms with Gasteiger partial charge in [-0.05, 0) is 44.0 Å². The average molecular weight is 304 g/mol. The average Bonchev–Trinajstić information content (AvgIpc) is 2.77. The molecule has 0 fully saturated rings. The van der Waals surface area contributed by atoms with Gasteiger partial charge >= 0.3 is 0 Å². The van der Waals surface area contributed by atoms with Crippen LogP contribution in [0.3, 0.4) is 0 Å². The largest absolute Gasteiger partial charge is 0.382 e. The van der Waals surface area contributed by atoms with Crippen LogP contribution in [0.15, 0.2) is 18.2 Å². The maximum absolute atomic E-state index is 12.6. The summed E-state index contributed by atoms with van der Waals surface area (Å²) in [5.41, 5.74) is 8.96. The van der Waals surface area contributed by atoms with E-state index in [0.29, 0.717) is 10.0 Å². The topological polar surface area (TPSA) is 71.2 Å². The van der Waals surface area contributed by atoms with Crippen LogP contribution in [0.4, 0.5) is 16.6 Å². The van der Waals surface area contributed by atoms with Crippen LogP contribution in [0.25, 0.3) is 0 Å². The predicted octanol–water partition coefficient (Wildman–Crippen LogP) is 3.05. The number of carbonyl (C=O) groups is 1. The lowest BCUT2D eigenvalue weighted by molar-refractivity contribution is 0.0997. The molecular weight excluding hydrogens is 284 g/mol. The van der Waals surface area contributed by atoms with Crippen LogP contribution in [0, 0.1) is 13.8 Å². The molecule has 0 radical (unpaired) electrons. The second kappa shape index (κ2) is 6.13. The van der Waals surface area contributed by atoms with Crippen LogP contribution in [-0.2, 0) is 0 Å². The summed E-state index contributed by atoms with van der Waals surface area (Å²) in [7, 11) is 1.75. The van der Waals surface area contributed by atoms with Gasteiger partial charge in [0.05, 0.1) is 0 Å². The highest BCUT2D eigenvalue weighted by Gasteiger charge is 2.21. The highest BCUT2D eigenvalue weighted by Crippen LogP contribution is 2.28. The van der Waals surface area contributed by atoms with Crippen LogP contribution in [-0.4, -0.2) is 24.5 Å². The van der Waals surface area contributed by atoms with Crippen molar-refractivity contribution >= 4 is 33.9 Å². The Hall–Kier alpha value is -2.08. The molecule has 2 rings (SSSR count). The zero-order valence-corrected chi connectivity index (χ0v) is 13.5. The number of nitrogens with two attached hydrogens (primary N) is 1. The first kappa shape index (κ1) is 15.3. The molecule has 0 saturated carbocycles. The second-order valence-corrected chi connectivity index (χ2v) is 5.97. The Morgan fingerprint density at radius 2 is 1.95 bits per heavy atom. The Labute approximate surface area is 128 Å². The van der Waals surface area contributed by atoms with E-state index < -0.39 is 0 Å². The Morgan fingerprint density at radius 1 is 1.33 bits per heavy atom. The molecule has 3 N–H and O–H groups in total. The molecule has 0 unspecified atom stereocenters. The molecule has 6 heteroatoms. The Balaban J connectivity index is 2.30. The van der Waals surface area contributed by atoms with Gasteiger partial charge in [-0.2, -0.15) is 0 Å². The van der Waals surface area contributed by atoms with Gasteiger partial charge in [0, 0.05) is 19.3 Å². The first-order valence-electron chi connectivity index (χ1n) is 6.79. The number of amides is 1. The number of hydrogen-bond donors (Lipinski definition) is 2. The lowest BCUT2D eigenvalue weighted by atomic mass is 10.1. The first-order valence-corrected chi connectivity index (χ1v) is 7.60. The number of nitrogen functional groups attached to an aromatic ring is 1. The zero-order valence-electron chi connectivity index (χ0n) is 12.7. The minimum atomic E-state index is -0.140. The molecule has 0 bridgehead atoms. The number of nitrogens with one attached hydrogen (secondary N) is 1. The molecule has 0 aliphatic carbocycles. The number of aryl methyl sites for hydroxylation is 2. The van der Waals surface area contributed by atoms with Gasteiger partial charge < -0.3 is 16.0 Å². The molecule has 1 heterocycles. The van der Waals surface area contributed by atoms with Gasteiger partial charge in [-0.25, -0.2) is 4.98 Å². The third kappa shape index (κ3) is 3.33. The Bertz CT molecular complexity index is 645. The summed E-state index contributed by atoms with van der Waals surface area (Å²) in [5.74, 6) is 0.135. The van der Waals surface area contributed by atoms with E-state index in [4.69, 9.17) is 5.73 Å². The van der Waals surface area contributed by atoms with Gasteiger partial charge in [-0.1, -0.05) is 17.4 Å². The smallest absolute Gasteiger partial charge is 0.272 e. The van der Waals surface area contributed by atoms with Gasteiger partial charge in [0.2, 0.25) is 0 Å². The maximum Gasteiger partial charge on any atom is 0.272 e. The van der Waals surface area contributed by atoms with E-state index in [1.165, 1.54) is 11.3 Å². The van der Waals surface area contributed by atoms with Gasteiger partial charge in [0.15, 0.2) is 5.13 Å². The molecule has 1 aromatic carbocycles. The minimum absolute atomic E-state index is 0.140. The number of aromatic nitrogens is 1. The van der Waals surface area contributed by atoms with Crippen LogP contribution in [0.2, 0.25) is 0 Å². The molecule has 0 saturated heterocycles. The third-order valence-corrected chi connectivity index (χ3v) is 4.09. The molecule has 0 aliphatic heterocycles. The maximum atomic E-state index is 12.6. The van der Waals surface area contributed by atoms with E-state index in [2.05, 4.69) is 16.4 Å². The quantitative estimate of drug-likeness (QED) is 0.910. The summed E-state index contributed by atoms with van der Waals surface area (Å²) < 4.78 is 0. The number of anilines is 3. The predicted molar refractivity (Wildman–Crippen MR) is 89.3 cm³/mol. The molecule has 112 valence electrons. The number of nitrogens with zero attached hydrogens (tertiary/aromatic N) is 2. The van der Waals surface area contributed by atoms with Gasteiger partial charge in [0.1, 0.15) is 10.7 Å². The van der Waals surface area contributed by atoms with Crippen molar-refractivity contribution in [1.82, 2.24) is 4.98 Å². The van der Waals surface area contributed by atoms with Crippen LogP contribution in [0.5, 0.6) is 0 Å². The number of carbonyl (C=O) groups excluding carboxylic acids is 1. The molecule has 2 aromatic rings. The van der Waals surface area contributed by atoms with Crippen molar-refractivity contribution in [3.63, 3.8) is 0 Å². The van der Waals surface area contributed by atoms with Crippen LogP contribution < -0.4 is 16.0 Å². The summed E-state index contributed by atoms with van der Waals surface area (Å²) in [6.07, 6.45) is 0. The fourth-order valence-corrected chi connectivity index (χ4v) is 3.05. The van der Waals surface area contributed by atoms with Crippen molar-refractivity contribution < 1.29 is 4.79 Å². The summed E-state index contributed by atoms with van der Waals surface area (Å²) in [5, 5.41) is 3.75.